The minimum Gasteiger partial charge on any atom is -0.399 e. The molecule has 9 rings (SSSR count). The molecule has 0 aliphatic carbocycles. The van der Waals surface area contributed by atoms with Crippen LogP contribution in [0.4, 0.5) is 0 Å². The van der Waals surface area contributed by atoms with Gasteiger partial charge in [0.25, 0.3) is 0 Å². The molecule has 1 aliphatic heterocycles. The Hall–Kier alpha value is -5.36. The first kappa shape index (κ1) is 29.8. The number of aromatic nitrogens is 2. The van der Waals surface area contributed by atoms with E-state index in [1.165, 1.54) is 32.8 Å². The second-order valence-electron chi connectivity index (χ2n) is 14.1. The molecule has 4 nitrogen and oxygen atoms in total. The quantitative estimate of drug-likeness (QED) is 0.176. The van der Waals surface area contributed by atoms with E-state index in [1.807, 2.05) is 0 Å². The monoisotopic (exact) mass is 636 g/mol. The molecule has 2 aromatic heterocycles. The van der Waals surface area contributed by atoms with E-state index in [9.17, 15) is 0 Å². The van der Waals surface area contributed by atoms with Crippen LogP contribution >= 0.6 is 0 Å². The molecule has 0 spiro atoms. The molecule has 1 saturated heterocycles. The molecule has 8 aromatic rings. The van der Waals surface area contributed by atoms with Gasteiger partial charge >= 0.3 is 7.12 Å². The first-order valence-electron chi connectivity index (χ1n) is 17.0. The molecule has 1 aliphatic rings. The van der Waals surface area contributed by atoms with Gasteiger partial charge in [-0.15, -0.1) is 0 Å². The van der Waals surface area contributed by atoms with Crippen molar-refractivity contribution in [1.29, 1.82) is 0 Å². The van der Waals surface area contributed by atoms with E-state index >= 15 is 0 Å². The van der Waals surface area contributed by atoms with Crippen molar-refractivity contribution >= 4 is 45.3 Å². The Kier molecular flexibility index (Phi) is 6.74. The van der Waals surface area contributed by atoms with Crippen molar-refractivity contribution in [3.8, 4) is 33.8 Å². The number of hydrogen-bond donors (Lipinski definition) is 0. The van der Waals surface area contributed by atoms with E-state index < -0.39 is 18.3 Å². The van der Waals surface area contributed by atoms with Crippen LogP contribution in [0.5, 0.6) is 0 Å². The summed E-state index contributed by atoms with van der Waals surface area (Å²) in [6.45, 7) is 8.43. The fourth-order valence-corrected chi connectivity index (χ4v) is 7.25. The van der Waals surface area contributed by atoms with Gasteiger partial charge in [-0.25, -0.2) is 0 Å². The number of fused-ring (bicyclic) bond motifs is 4. The lowest BCUT2D eigenvalue weighted by Gasteiger charge is -2.32. The maximum Gasteiger partial charge on any atom is 0.494 e. The normalized spacial score (nSPS) is 15.5. The summed E-state index contributed by atoms with van der Waals surface area (Å²) < 4.78 is 17.8. The predicted octanol–water partition coefficient (Wildman–Crippen LogP) is 10.4. The SMILES string of the molecule is CC1(C)OB(c2ccc3c(c2)c2cc4c(cc(-c5ccccc5)n4-c4ccccc4)cc2n3-c2ccc(-c3ccccc3)cc2)OC1(C)C. The zero-order chi connectivity index (χ0) is 33.3. The van der Waals surface area contributed by atoms with E-state index in [2.05, 4.69) is 188 Å². The predicted molar refractivity (Wildman–Crippen MR) is 204 cm³/mol. The Balaban J connectivity index is 1.31. The van der Waals surface area contributed by atoms with Crippen LogP contribution in [-0.4, -0.2) is 27.5 Å². The highest BCUT2D eigenvalue weighted by molar-refractivity contribution is 6.62. The molecule has 0 N–H and O–H groups in total. The van der Waals surface area contributed by atoms with E-state index in [4.69, 9.17) is 9.31 Å². The van der Waals surface area contributed by atoms with E-state index in [1.54, 1.807) is 0 Å². The summed E-state index contributed by atoms with van der Waals surface area (Å²) in [6, 6.07) is 54.5. The van der Waals surface area contributed by atoms with Gasteiger partial charge in [0, 0.05) is 27.5 Å². The van der Waals surface area contributed by atoms with Gasteiger partial charge in [0.1, 0.15) is 0 Å². The zero-order valence-corrected chi connectivity index (χ0v) is 28.2. The van der Waals surface area contributed by atoms with Crippen LogP contribution in [0.15, 0.2) is 152 Å². The summed E-state index contributed by atoms with van der Waals surface area (Å²) in [4.78, 5) is 0. The van der Waals surface area contributed by atoms with Crippen molar-refractivity contribution in [2.45, 2.75) is 38.9 Å². The van der Waals surface area contributed by atoms with Gasteiger partial charge in [-0.1, -0.05) is 103 Å². The standard InChI is InChI=1S/C44H37BN2O2/c1-43(2)44(3,4)49-45(48-43)34-22-25-39-37(28-34)38-29-41-33(26-40(32-16-10-6-11-17-32)47(41)35-18-12-7-13-19-35)27-42(38)46(39)36-23-20-31(21-24-36)30-14-8-5-9-15-30/h5-29H,1-4H3. The van der Waals surface area contributed by atoms with Gasteiger partial charge in [0.05, 0.1) is 33.4 Å². The molecule has 49 heavy (non-hydrogen) atoms. The molecule has 1 fully saturated rings. The van der Waals surface area contributed by atoms with Crippen LogP contribution < -0.4 is 5.46 Å². The third-order valence-corrected chi connectivity index (χ3v) is 10.6. The average Bonchev–Trinajstić information content (AvgIpc) is 3.73. The molecular weight excluding hydrogens is 599 g/mol. The third-order valence-electron chi connectivity index (χ3n) is 10.6. The fraction of sp³-hybridized carbons (Fsp3) is 0.136. The van der Waals surface area contributed by atoms with Crippen LogP contribution in [0.25, 0.3) is 66.5 Å². The summed E-state index contributed by atoms with van der Waals surface area (Å²) >= 11 is 0. The minimum absolute atomic E-state index is 0.419. The Labute approximate surface area is 287 Å². The lowest BCUT2D eigenvalue weighted by molar-refractivity contribution is 0.00578. The minimum atomic E-state index is -0.445. The van der Waals surface area contributed by atoms with Crippen LogP contribution in [-0.2, 0) is 9.31 Å². The Morgan fingerprint density at radius 3 is 1.65 bits per heavy atom. The topological polar surface area (TPSA) is 28.3 Å². The van der Waals surface area contributed by atoms with E-state index in [0.29, 0.717) is 0 Å². The summed E-state index contributed by atoms with van der Waals surface area (Å²) in [5.41, 5.74) is 10.6. The summed E-state index contributed by atoms with van der Waals surface area (Å²) in [7, 11) is -0.445. The van der Waals surface area contributed by atoms with Crippen molar-refractivity contribution in [2.75, 3.05) is 0 Å². The summed E-state index contributed by atoms with van der Waals surface area (Å²) in [6.07, 6.45) is 0. The molecule has 0 radical (unpaired) electrons. The third kappa shape index (κ3) is 4.84. The second-order valence-corrected chi connectivity index (χ2v) is 14.1. The van der Waals surface area contributed by atoms with E-state index in [-0.39, 0.29) is 0 Å². The maximum atomic E-state index is 6.52. The largest absolute Gasteiger partial charge is 0.494 e. The molecule has 6 aromatic carbocycles. The molecule has 5 heteroatoms. The van der Waals surface area contributed by atoms with Crippen LogP contribution in [0.3, 0.4) is 0 Å². The van der Waals surface area contributed by atoms with Gasteiger partial charge in [-0.3, -0.25) is 0 Å². The fourth-order valence-electron chi connectivity index (χ4n) is 7.25. The van der Waals surface area contributed by atoms with Crippen molar-refractivity contribution < 1.29 is 9.31 Å². The summed E-state index contributed by atoms with van der Waals surface area (Å²) in [5.74, 6) is 0. The highest BCUT2D eigenvalue weighted by Gasteiger charge is 2.51. The first-order valence-corrected chi connectivity index (χ1v) is 17.0. The zero-order valence-electron chi connectivity index (χ0n) is 28.2. The molecule has 0 unspecified atom stereocenters. The lowest BCUT2D eigenvalue weighted by atomic mass is 9.78. The van der Waals surface area contributed by atoms with Crippen molar-refractivity contribution in [2.24, 2.45) is 0 Å². The Bertz CT molecular complexity index is 2460. The van der Waals surface area contributed by atoms with E-state index in [0.717, 1.165) is 39.1 Å². The number of rotatable bonds is 5. The van der Waals surface area contributed by atoms with Crippen LogP contribution in [0.1, 0.15) is 27.7 Å². The van der Waals surface area contributed by atoms with Gasteiger partial charge in [-0.2, -0.15) is 0 Å². The molecule has 0 atom stereocenters. The number of hydrogen-bond acceptors (Lipinski definition) is 2. The van der Waals surface area contributed by atoms with Crippen molar-refractivity contribution in [1.82, 2.24) is 9.13 Å². The number of nitrogens with zero attached hydrogens (tertiary/aromatic N) is 2. The Morgan fingerprint density at radius 2 is 1.00 bits per heavy atom. The maximum absolute atomic E-state index is 6.52. The molecular formula is C44H37BN2O2. The second kappa shape index (κ2) is 11.1. The number of benzene rings is 6. The molecule has 0 bridgehead atoms. The van der Waals surface area contributed by atoms with Gasteiger partial charge in [-0.05, 0) is 98.4 Å². The smallest absolute Gasteiger partial charge is 0.399 e. The molecule has 0 amide bonds. The molecule has 0 saturated carbocycles. The highest BCUT2D eigenvalue weighted by atomic mass is 16.7. The van der Waals surface area contributed by atoms with Crippen molar-refractivity contribution in [3.63, 3.8) is 0 Å². The highest BCUT2D eigenvalue weighted by Crippen LogP contribution is 2.40. The summed E-state index contributed by atoms with van der Waals surface area (Å²) in [5, 5.41) is 3.53. The van der Waals surface area contributed by atoms with Gasteiger partial charge in [0.15, 0.2) is 0 Å². The molecule has 3 heterocycles. The first-order chi connectivity index (χ1) is 23.8. The van der Waals surface area contributed by atoms with Gasteiger partial charge < -0.3 is 18.4 Å². The number of para-hydroxylation sites is 1. The van der Waals surface area contributed by atoms with Crippen LogP contribution in [0, 0.1) is 0 Å². The van der Waals surface area contributed by atoms with Crippen molar-refractivity contribution in [3.05, 3.63) is 152 Å². The average molecular weight is 637 g/mol. The Morgan fingerprint density at radius 1 is 0.449 bits per heavy atom. The van der Waals surface area contributed by atoms with Crippen LogP contribution in [0.2, 0.25) is 0 Å². The molecule has 238 valence electrons. The lowest BCUT2D eigenvalue weighted by Crippen LogP contribution is -2.41. The van der Waals surface area contributed by atoms with Gasteiger partial charge in [0.2, 0.25) is 0 Å².